The average molecular weight is 590 g/mol. The Hall–Kier alpha value is -4.22. The van der Waals surface area contributed by atoms with Gasteiger partial charge in [-0.15, -0.1) is 0 Å². The van der Waals surface area contributed by atoms with Crippen LogP contribution in [0.25, 0.3) is 11.0 Å². The van der Waals surface area contributed by atoms with Crippen molar-refractivity contribution in [3.05, 3.63) is 65.6 Å². The number of hydrogen-bond acceptors (Lipinski definition) is 9. The van der Waals surface area contributed by atoms with E-state index in [4.69, 9.17) is 14.7 Å². The Labute approximate surface area is 251 Å². The second-order valence-corrected chi connectivity index (χ2v) is 11.4. The first-order chi connectivity index (χ1) is 20.7. The van der Waals surface area contributed by atoms with Gasteiger partial charge in [0.2, 0.25) is 5.95 Å². The lowest BCUT2D eigenvalue weighted by molar-refractivity contribution is 0.104. The monoisotopic (exact) mass is 589 g/mol. The SMILES string of the molecule is COc1cc(N(C)CCN(C)C)ccc1Nc1nc(NC2CCC(CO)CC2)c2c(C(=O)c3ccc(F)cc3)c[nH]c2n1. The molecule has 0 saturated heterocycles. The number of anilines is 4. The molecule has 0 bridgehead atoms. The van der Waals surface area contributed by atoms with Gasteiger partial charge in [-0.25, -0.2) is 4.39 Å². The quantitative estimate of drug-likeness (QED) is 0.169. The van der Waals surface area contributed by atoms with Gasteiger partial charge in [-0.05, 0) is 82.1 Å². The Morgan fingerprint density at radius 2 is 1.81 bits per heavy atom. The summed E-state index contributed by atoms with van der Waals surface area (Å²) in [6, 6.07) is 11.6. The fraction of sp³-hybridized carbons (Fsp3) is 0.406. The first-order valence-electron chi connectivity index (χ1n) is 14.6. The first kappa shape index (κ1) is 30.2. The summed E-state index contributed by atoms with van der Waals surface area (Å²) < 4.78 is 19.3. The summed E-state index contributed by atoms with van der Waals surface area (Å²) in [7, 11) is 7.77. The molecule has 2 aromatic carbocycles. The van der Waals surface area contributed by atoms with Gasteiger partial charge in [0, 0.05) is 56.3 Å². The van der Waals surface area contributed by atoms with E-state index in [-0.39, 0.29) is 18.4 Å². The number of carbonyl (C=O) groups is 1. The number of aromatic nitrogens is 3. The normalized spacial score (nSPS) is 16.8. The molecule has 5 rings (SSSR count). The molecule has 2 heterocycles. The molecule has 228 valence electrons. The van der Waals surface area contributed by atoms with Crippen molar-refractivity contribution >= 4 is 40.0 Å². The Morgan fingerprint density at radius 1 is 1.07 bits per heavy atom. The van der Waals surface area contributed by atoms with Crippen molar-refractivity contribution < 1.29 is 19.0 Å². The topological polar surface area (TPSA) is 119 Å². The van der Waals surface area contributed by atoms with E-state index in [1.807, 2.05) is 39.3 Å². The van der Waals surface area contributed by atoms with Gasteiger partial charge in [0.1, 0.15) is 23.0 Å². The van der Waals surface area contributed by atoms with Gasteiger partial charge >= 0.3 is 0 Å². The number of carbonyl (C=O) groups excluding carboxylic acids is 1. The molecule has 4 aromatic rings. The summed E-state index contributed by atoms with van der Waals surface area (Å²) >= 11 is 0. The molecule has 1 aliphatic rings. The number of nitrogens with one attached hydrogen (secondary N) is 3. The largest absolute Gasteiger partial charge is 0.494 e. The first-order valence-corrected chi connectivity index (χ1v) is 14.6. The summed E-state index contributed by atoms with van der Waals surface area (Å²) in [6.07, 6.45) is 5.20. The molecule has 43 heavy (non-hydrogen) atoms. The second-order valence-electron chi connectivity index (χ2n) is 11.4. The van der Waals surface area contributed by atoms with Crippen molar-refractivity contribution in [2.75, 3.05) is 63.5 Å². The standard InChI is InChI=1S/C32H40FN7O3/c1-39(2)15-16-40(3)24-13-14-26(27(17-24)43-4)36-32-37-30-28(31(38-32)35-23-11-5-20(19-41)6-12-23)25(18-34-30)29(42)21-7-9-22(33)10-8-21/h7-10,13-14,17-18,20,23,41H,5-6,11-12,15-16,19H2,1-4H3,(H3,34,35,36,37,38). The fourth-order valence-corrected chi connectivity index (χ4v) is 5.43. The molecule has 0 aliphatic heterocycles. The predicted molar refractivity (Wildman–Crippen MR) is 168 cm³/mol. The molecule has 4 N–H and O–H groups in total. The molecular formula is C32H40FN7O3. The maximum absolute atomic E-state index is 13.5. The highest BCUT2D eigenvalue weighted by Gasteiger charge is 2.25. The summed E-state index contributed by atoms with van der Waals surface area (Å²) in [5.41, 5.74) is 3.00. The molecule has 0 atom stereocenters. The molecule has 1 saturated carbocycles. The number of H-pyrrole nitrogens is 1. The zero-order valence-corrected chi connectivity index (χ0v) is 25.2. The number of ketones is 1. The predicted octanol–water partition coefficient (Wildman–Crippen LogP) is 5.04. The summed E-state index contributed by atoms with van der Waals surface area (Å²) in [5.74, 6) is 1.17. The van der Waals surface area contributed by atoms with Crippen molar-refractivity contribution in [2.24, 2.45) is 5.92 Å². The molecule has 2 aromatic heterocycles. The van der Waals surface area contributed by atoms with E-state index in [0.29, 0.717) is 51.3 Å². The van der Waals surface area contributed by atoms with Crippen LogP contribution in [-0.2, 0) is 0 Å². The number of aromatic amines is 1. The number of rotatable bonds is 12. The lowest BCUT2D eigenvalue weighted by Gasteiger charge is -2.28. The van der Waals surface area contributed by atoms with E-state index < -0.39 is 5.82 Å². The number of hydrogen-bond donors (Lipinski definition) is 4. The Balaban J connectivity index is 1.48. The van der Waals surface area contributed by atoms with Crippen LogP contribution in [0, 0.1) is 11.7 Å². The molecule has 10 nitrogen and oxygen atoms in total. The van der Waals surface area contributed by atoms with Gasteiger partial charge in [-0.1, -0.05) is 0 Å². The lowest BCUT2D eigenvalue weighted by atomic mass is 9.86. The second kappa shape index (κ2) is 13.4. The number of aliphatic hydroxyl groups excluding tert-OH is 1. The van der Waals surface area contributed by atoms with E-state index in [9.17, 15) is 14.3 Å². The highest BCUT2D eigenvalue weighted by molar-refractivity contribution is 6.18. The number of likely N-dealkylation sites (N-methyl/N-ethyl adjacent to an activating group) is 2. The van der Waals surface area contributed by atoms with Gasteiger partial charge in [-0.2, -0.15) is 9.97 Å². The lowest BCUT2D eigenvalue weighted by Crippen LogP contribution is -2.28. The third kappa shape index (κ3) is 7.06. The van der Waals surface area contributed by atoms with Gasteiger partial charge in [-0.3, -0.25) is 4.79 Å². The zero-order chi connectivity index (χ0) is 30.5. The van der Waals surface area contributed by atoms with E-state index in [2.05, 4.69) is 25.4 Å². The number of benzene rings is 2. The summed E-state index contributed by atoms with van der Waals surface area (Å²) in [6.45, 7) is 1.98. The molecule has 11 heteroatoms. The number of halogens is 1. The highest BCUT2D eigenvalue weighted by Crippen LogP contribution is 2.34. The third-order valence-corrected chi connectivity index (χ3v) is 8.08. The molecule has 0 spiro atoms. The molecule has 0 amide bonds. The van der Waals surface area contributed by atoms with E-state index in [1.54, 1.807) is 13.3 Å². The molecule has 0 unspecified atom stereocenters. The Morgan fingerprint density at radius 3 is 2.49 bits per heavy atom. The molecule has 1 fully saturated rings. The van der Waals surface area contributed by atoms with Crippen LogP contribution in [0.1, 0.15) is 41.6 Å². The van der Waals surface area contributed by atoms with E-state index in [1.165, 1.54) is 24.3 Å². The minimum absolute atomic E-state index is 0.129. The van der Waals surface area contributed by atoms with Gasteiger partial charge in [0.15, 0.2) is 5.78 Å². The average Bonchev–Trinajstić information content (AvgIpc) is 3.44. The van der Waals surface area contributed by atoms with Crippen molar-refractivity contribution in [1.29, 1.82) is 0 Å². The Kier molecular flexibility index (Phi) is 9.42. The maximum Gasteiger partial charge on any atom is 0.231 e. The molecular weight excluding hydrogens is 549 g/mol. The fourth-order valence-electron chi connectivity index (χ4n) is 5.43. The number of aliphatic hydroxyl groups is 1. The number of ether oxygens (including phenoxy) is 1. The van der Waals surface area contributed by atoms with Crippen LogP contribution in [-0.4, -0.2) is 84.7 Å². The van der Waals surface area contributed by atoms with Gasteiger partial charge in [0.25, 0.3) is 0 Å². The molecule has 0 radical (unpaired) electrons. The van der Waals surface area contributed by atoms with Gasteiger partial charge < -0.3 is 35.3 Å². The minimum atomic E-state index is -0.404. The number of methoxy groups -OCH3 is 1. The van der Waals surface area contributed by atoms with Crippen LogP contribution in [0.2, 0.25) is 0 Å². The van der Waals surface area contributed by atoms with Crippen molar-refractivity contribution in [3.8, 4) is 5.75 Å². The van der Waals surface area contributed by atoms with E-state index in [0.717, 1.165) is 44.5 Å². The van der Waals surface area contributed by atoms with Crippen LogP contribution in [0.4, 0.5) is 27.5 Å². The van der Waals surface area contributed by atoms with Crippen LogP contribution in [0.5, 0.6) is 5.75 Å². The smallest absolute Gasteiger partial charge is 0.231 e. The van der Waals surface area contributed by atoms with Crippen LogP contribution >= 0.6 is 0 Å². The van der Waals surface area contributed by atoms with Crippen LogP contribution in [0.3, 0.4) is 0 Å². The van der Waals surface area contributed by atoms with Crippen molar-refractivity contribution in [2.45, 2.75) is 31.7 Å². The zero-order valence-electron chi connectivity index (χ0n) is 25.2. The number of nitrogens with zero attached hydrogens (tertiary/aromatic N) is 4. The van der Waals surface area contributed by atoms with Crippen LogP contribution < -0.4 is 20.3 Å². The summed E-state index contributed by atoms with van der Waals surface area (Å²) in [4.78, 5) is 30.5. The molecule has 1 aliphatic carbocycles. The van der Waals surface area contributed by atoms with E-state index >= 15 is 0 Å². The third-order valence-electron chi connectivity index (χ3n) is 8.08. The van der Waals surface area contributed by atoms with Crippen LogP contribution in [0.15, 0.2) is 48.7 Å². The summed E-state index contributed by atoms with van der Waals surface area (Å²) in [5, 5.41) is 17.0. The minimum Gasteiger partial charge on any atom is -0.494 e. The van der Waals surface area contributed by atoms with Crippen molar-refractivity contribution in [1.82, 2.24) is 19.9 Å². The number of fused-ring (bicyclic) bond motifs is 1. The highest BCUT2D eigenvalue weighted by atomic mass is 19.1. The maximum atomic E-state index is 13.5. The Bertz CT molecular complexity index is 1550. The van der Waals surface area contributed by atoms with Crippen molar-refractivity contribution in [3.63, 3.8) is 0 Å². The van der Waals surface area contributed by atoms with Gasteiger partial charge in [0.05, 0.1) is 23.7 Å².